The van der Waals surface area contributed by atoms with E-state index >= 15 is 0 Å². The molecule has 0 aliphatic carbocycles. The SMILES string of the molecule is CC(O[C@H]1CCNC1)c1ccco1.Cl. The Kier molecular flexibility index (Phi) is 4.45. The van der Waals surface area contributed by atoms with Crippen molar-refractivity contribution in [2.24, 2.45) is 0 Å². The monoisotopic (exact) mass is 217 g/mol. The molecule has 2 atom stereocenters. The summed E-state index contributed by atoms with van der Waals surface area (Å²) in [6.45, 7) is 4.05. The van der Waals surface area contributed by atoms with Gasteiger partial charge >= 0.3 is 0 Å². The lowest BCUT2D eigenvalue weighted by atomic mass is 10.2. The van der Waals surface area contributed by atoms with Crippen LogP contribution >= 0.6 is 12.4 Å². The average molecular weight is 218 g/mol. The Balaban J connectivity index is 0.000000980. The molecule has 0 bridgehead atoms. The molecular formula is C10H16ClNO2. The fourth-order valence-corrected chi connectivity index (χ4v) is 1.62. The second-order valence-corrected chi connectivity index (χ2v) is 3.41. The number of hydrogen-bond acceptors (Lipinski definition) is 3. The molecule has 1 aromatic rings. The Morgan fingerprint density at radius 2 is 2.50 bits per heavy atom. The maximum absolute atomic E-state index is 5.80. The van der Waals surface area contributed by atoms with Gasteiger partial charge in [-0.3, -0.25) is 0 Å². The molecule has 1 N–H and O–H groups in total. The van der Waals surface area contributed by atoms with Gasteiger partial charge in [0.15, 0.2) is 0 Å². The molecule has 14 heavy (non-hydrogen) atoms. The summed E-state index contributed by atoms with van der Waals surface area (Å²) in [6.07, 6.45) is 3.20. The molecule has 2 heterocycles. The molecule has 3 nitrogen and oxygen atoms in total. The van der Waals surface area contributed by atoms with Gasteiger partial charge in [0.05, 0.1) is 12.4 Å². The highest BCUT2D eigenvalue weighted by Crippen LogP contribution is 2.20. The first-order chi connectivity index (χ1) is 6.36. The van der Waals surface area contributed by atoms with Gasteiger partial charge in [-0.05, 0) is 32.0 Å². The van der Waals surface area contributed by atoms with Crippen molar-refractivity contribution in [1.29, 1.82) is 0 Å². The van der Waals surface area contributed by atoms with E-state index in [1.807, 2.05) is 19.1 Å². The van der Waals surface area contributed by atoms with Crippen LogP contribution in [0.3, 0.4) is 0 Å². The molecule has 1 aliphatic rings. The normalized spacial score (nSPS) is 23.1. The fourth-order valence-electron chi connectivity index (χ4n) is 1.62. The molecule has 0 aromatic carbocycles. The predicted molar refractivity (Wildman–Crippen MR) is 56.7 cm³/mol. The van der Waals surface area contributed by atoms with E-state index in [1.165, 1.54) is 0 Å². The number of furan rings is 1. The first-order valence-electron chi connectivity index (χ1n) is 4.76. The molecule has 2 rings (SSSR count). The van der Waals surface area contributed by atoms with Crippen molar-refractivity contribution in [3.05, 3.63) is 24.2 Å². The molecule has 1 saturated heterocycles. The first kappa shape index (κ1) is 11.6. The van der Waals surface area contributed by atoms with Gasteiger partial charge in [-0.2, -0.15) is 0 Å². The molecule has 0 saturated carbocycles. The van der Waals surface area contributed by atoms with Gasteiger partial charge in [0.1, 0.15) is 11.9 Å². The van der Waals surface area contributed by atoms with Crippen molar-refractivity contribution in [2.75, 3.05) is 13.1 Å². The summed E-state index contributed by atoms with van der Waals surface area (Å²) < 4.78 is 11.1. The van der Waals surface area contributed by atoms with E-state index in [0.717, 1.165) is 25.3 Å². The minimum absolute atomic E-state index is 0. The Morgan fingerprint density at radius 1 is 1.64 bits per heavy atom. The largest absolute Gasteiger partial charge is 0.467 e. The zero-order valence-electron chi connectivity index (χ0n) is 8.23. The Labute approximate surface area is 90.2 Å². The van der Waals surface area contributed by atoms with Gasteiger partial charge in [-0.1, -0.05) is 0 Å². The highest BCUT2D eigenvalue weighted by molar-refractivity contribution is 5.85. The second kappa shape index (κ2) is 5.39. The topological polar surface area (TPSA) is 34.4 Å². The molecule has 4 heteroatoms. The molecular weight excluding hydrogens is 202 g/mol. The third-order valence-corrected chi connectivity index (χ3v) is 2.36. The van der Waals surface area contributed by atoms with Crippen LogP contribution in [0.15, 0.2) is 22.8 Å². The van der Waals surface area contributed by atoms with E-state index in [4.69, 9.17) is 9.15 Å². The predicted octanol–water partition coefficient (Wildman–Crippen LogP) is 2.14. The van der Waals surface area contributed by atoms with E-state index in [0.29, 0.717) is 6.10 Å². The summed E-state index contributed by atoms with van der Waals surface area (Å²) in [7, 11) is 0. The van der Waals surface area contributed by atoms with Crippen LogP contribution in [0.2, 0.25) is 0 Å². The Bertz CT molecular complexity index is 245. The van der Waals surface area contributed by atoms with Gasteiger partial charge < -0.3 is 14.5 Å². The van der Waals surface area contributed by atoms with Crippen LogP contribution < -0.4 is 5.32 Å². The van der Waals surface area contributed by atoms with Gasteiger partial charge in [0, 0.05) is 6.54 Å². The van der Waals surface area contributed by atoms with Gasteiger partial charge in [-0.25, -0.2) is 0 Å². The summed E-state index contributed by atoms with van der Waals surface area (Å²) in [5, 5.41) is 3.27. The van der Waals surface area contributed by atoms with Crippen molar-refractivity contribution in [3.8, 4) is 0 Å². The van der Waals surface area contributed by atoms with Crippen molar-refractivity contribution in [1.82, 2.24) is 5.32 Å². The molecule has 0 radical (unpaired) electrons. The third kappa shape index (κ3) is 2.74. The highest BCUT2D eigenvalue weighted by Gasteiger charge is 2.19. The van der Waals surface area contributed by atoms with Gasteiger partial charge in [0.2, 0.25) is 0 Å². The lowest BCUT2D eigenvalue weighted by Crippen LogP contribution is -2.18. The Morgan fingerprint density at radius 3 is 3.07 bits per heavy atom. The van der Waals surface area contributed by atoms with Crippen molar-refractivity contribution in [3.63, 3.8) is 0 Å². The molecule has 1 aromatic heterocycles. The number of halogens is 1. The lowest BCUT2D eigenvalue weighted by Gasteiger charge is -2.15. The lowest BCUT2D eigenvalue weighted by molar-refractivity contribution is -0.00297. The van der Waals surface area contributed by atoms with Gasteiger partial charge in [0.25, 0.3) is 0 Å². The second-order valence-electron chi connectivity index (χ2n) is 3.41. The first-order valence-corrected chi connectivity index (χ1v) is 4.76. The number of rotatable bonds is 3. The maximum Gasteiger partial charge on any atom is 0.132 e. The van der Waals surface area contributed by atoms with Crippen molar-refractivity contribution < 1.29 is 9.15 Å². The maximum atomic E-state index is 5.80. The average Bonchev–Trinajstić information content (AvgIpc) is 2.74. The molecule has 1 fully saturated rings. The molecule has 0 amide bonds. The van der Waals surface area contributed by atoms with E-state index in [-0.39, 0.29) is 18.5 Å². The summed E-state index contributed by atoms with van der Waals surface area (Å²) in [5.41, 5.74) is 0. The van der Waals surface area contributed by atoms with Crippen LogP contribution in [0.25, 0.3) is 0 Å². The smallest absolute Gasteiger partial charge is 0.132 e. The van der Waals surface area contributed by atoms with Crippen LogP contribution in [-0.2, 0) is 4.74 Å². The van der Waals surface area contributed by atoms with Crippen LogP contribution in [0.5, 0.6) is 0 Å². The summed E-state index contributed by atoms with van der Waals surface area (Å²) in [4.78, 5) is 0. The van der Waals surface area contributed by atoms with Crippen LogP contribution in [0.1, 0.15) is 25.2 Å². The quantitative estimate of drug-likeness (QED) is 0.843. The van der Waals surface area contributed by atoms with E-state index < -0.39 is 0 Å². The van der Waals surface area contributed by atoms with Crippen LogP contribution in [-0.4, -0.2) is 19.2 Å². The van der Waals surface area contributed by atoms with Crippen LogP contribution in [0.4, 0.5) is 0 Å². The van der Waals surface area contributed by atoms with E-state index in [9.17, 15) is 0 Å². The molecule has 0 spiro atoms. The minimum Gasteiger partial charge on any atom is -0.467 e. The minimum atomic E-state index is 0. The van der Waals surface area contributed by atoms with Crippen LogP contribution in [0, 0.1) is 0 Å². The summed E-state index contributed by atoms with van der Waals surface area (Å²) in [5.74, 6) is 0.909. The van der Waals surface area contributed by atoms with E-state index in [1.54, 1.807) is 6.26 Å². The number of nitrogens with one attached hydrogen (secondary N) is 1. The van der Waals surface area contributed by atoms with Gasteiger partial charge in [-0.15, -0.1) is 12.4 Å². The molecule has 1 unspecified atom stereocenters. The molecule has 80 valence electrons. The standard InChI is InChI=1S/C10H15NO2.ClH/c1-8(10-3-2-6-12-10)13-9-4-5-11-7-9;/h2-3,6,8-9,11H,4-5,7H2,1H3;1H/t8?,9-;/m0./s1. The van der Waals surface area contributed by atoms with Crippen molar-refractivity contribution >= 4 is 12.4 Å². The fraction of sp³-hybridized carbons (Fsp3) is 0.600. The summed E-state index contributed by atoms with van der Waals surface area (Å²) >= 11 is 0. The number of ether oxygens (including phenoxy) is 1. The zero-order valence-corrected chi connectivity index (χ0v) is 9.05. The summed E-state index contributed by atoms with van der Waals surface area (Å²) in [6, 6.07) is 3.84. The third-order valence-electron chi connectivity index (χ3n) is 2.36. The molecule has 1 aliphatic heterocycles. The number of hydrogen-bond donors (Lipinski definition) is 1. The Hall–Kier alpha value is -0.510. The zero-order chi connectivity index (χ0) is 9.10. The highest BCUT2D eigenvalue weighted by atomic mass is 35.5. The van der Waals surface area contributed by atoms with Crippen molar-refractivity contribution in [2.45, 2.75) is 25.6 Å². The van der Waals surface area contributed by atoms with E-state index in [2.05, 4.69) is 5.32 Å².